The van der Waals surface area contributed by atoms with E-state index in [1.54, 1.807) is 26.3 Å². The largest absolute Gasteiger partial charge is 0.496 e. The Morgan fingerprint density at radius 3 is 2.50 bits per heavy atom. The highest BCUT2D eigenvalue weighted by molar-refractivity contribution is 14.0. The van der Waals surface area contributed by atoms with Gasteiger partial charge in [0, 0.05) is 31.3 Å². The van der Waals surface area contributed by atoms with Crippen LogP contribution in [0.5, 0.6) is 5.75 Å². The maximum absolute atomic E-state index is 13.4. The molecule has 5 nitrogen and oxygen atoms in total. The van der Waals surface area contributed by atoms with Crippen molar-refractivity contribution in [1.82, 2.24) is 10.6 Å². The third-order valence-electron chi connectivity index (χ3n) is 3.85. The topological polar surface area (TPSA) is 65.9 Å². The summed E-state index contributed by atoms with van der Waals surface area (Å²) in [5.74, 6) is 1.05. The van der Waals surface area contributed by atoms with Crippen molar-refractivity contribution < 1.29 is 14.2 Å². The Balaban J connectivity index is 0.00000338. The number of benzene rings is 2. The molecule has 7 heteroatoms. The normalized spacial score (nSPS) is 10.9. The van der Waals surface area contributed by atoms with Crippen LogP contribution in [0, 0.1) is 12.7 Å². The van der Waals surface area contributed by atoms with E-state index in [1.807, 2.05) is 25.1 Å². The molecule has 2 aromatic carbocycles. The zero-order valence-corrected chi connectivity index (χ0v) is 17.5. The number of aryl methyl sites for hydroxylation is 1. The minimum absolute atomic E-state index is 0. The molecule has 0 amide bonds. The van der Waals surface area contributed by atoms with E-state index in [4.69, 9.17) is 9.84 Å². The summed E-state index contributed by atoms with van der Waals surface area (Å²) in [5, 5.41) is 15.5. The lowest BCUT2D eigenvalue weighted by Crippen LogP contribution is -2.36. The average molecular weight is 473 g/mol. The minimum atomic E-state index is -0.403. The highest BCUT2D eigenvalue weighted by Gasteiger charge is 2.06. The van der Waals surface area contributed by atoms with Crippen LogP contribution < -0.4 is 15.4 Å². The standard InChI is InChI=1S/C19H24FN3O2.HI/c1-13-4-6-15(18(8-13)25-3)11-23-19(21-2)22-10-14-5-7-17(20)16(9-14)12-24;/h4-9,24H,10-12H2,1-3H3,(H2,21,22,23);1H. The molecule has 0 atom stereocenters. The number of aliphatic hydroxyl groups excluding tert-OH is 1. The van der Waals surface area contributed by atoms with Crippen LogP contribution in [0.2, 0.25) is 0 Å². The predicted octanol–water partition coefficient (Wildman–Crippen LogP) is 3.12. The van der Waals surface area contributed by atoms with Gasteiger partial charge in [-0.1, -0.05) is 18.2 Å². The Morgan fingerprint density at radius 2 is 1.85 bits per heavy atom. The van der Waals surface area contributed by atoms with E-state index >= 15 is 0 Å². The summed E-state index contributed by atoms with van der Waals surface area (Å²) in [6, 6.07) is 10.7. The Morgan fingerprint density at radius 1 is 1.12 bits per heavy atom. The molecule has 26 heavy (non-hydrogen) atoms. The number of hydrogen-bond acceptors (Lipinski definition) is 3. The van der Waals surface area contributed by atoms with Crippen LogP contribution in [0.3, 0.4) is 0 Å². The van der Waals surface area contributed by atoms with Crippen LogP contribution in [-0.2, 0) is 19.7 Å². The first-order valence-corrected chi connectivity index (χ1v) is 8.03. The smallest absolute Gasteiger partial charge is 0.191 e. The Bertz CT molecular complexity index is 754. The van der Waals surface area contributed by atoms with Crippen molar-refractivity contribution in [2.24, 2.45) is 4.99 Å². The molecule has 0 saturated heterocycles. The van der Waals surface area contributed by atoms with Crippen LogP contribution in [0.1, 0.15) is 22.3 Å². The second-order valence-corrected chi connectivity index (χ2v) is 5.68. The van der Waals surface area contributed by atoms with Gasteiger partial charge in [-0.25, -0.2) is 4.39 Å². The van der Waals surface area contributed by atoms with Crippen LogP contribution in [0.25, 0.3) is 0 Å². The summed E-state index contributed by atoms with van der Waals surface area (Å²) < 4.78 is 18.8. The van der Waals surface area contributed by atoms with E-state index in [9.17, 15) is 4.39 Å². The molecular weight excluding hydrogens is 448 g/mol. The van der Waals surface area contributed by atoms with Crippen molar-refractivity contribution in [3.63, 3.8) is 0 Å². The maximum Gasteiger partial charge on any atom is 0.191 e. The van der Waals surface area contributed by atoms with Crippen molar-refractivity contribution in [3.8, 4) is 5.75 Å². The second-order valence-electron chi connectivity index (χ2n) is 5.68. The lowest BCUT2D eigenvalue weighted by molar-refractivity contribution is 0.275. The van der Waals surface area contributed by atoms with E-state index < -0.39 is 5.82 Å². The minimum Gasteiger partial charge on any atom is -0.496 e. The molecule has 0 bridgehead atoms. The first-order valence-electron chi connectivity index (χ1n) is 8.03. The van der Waals surface area contributed by atoms with Crippen molar-refractivity contribution in [2.45, 2.75) is 26.6 Å². The zero-order chi connectivity index (χ0) is 18.2. The number of hydrogen-bond donors (Lipinski definition) is 3. The molecule has 0 saturated carbocycles. The quantitative estimate of drug-likeness (QED) is 0.343. The Hall–Kier alpha value is -1.87. The second kappa shape index (κ2) is 11.0. The number of methoxy groups -OCH3 is 1. The molecule has 0 radical (unpaired) electrons. The molecule has 0 unspecified atom stereocenters. The molecule has 2 rings (SSSR count). The first-order chi connectivity index (χ1) is 12.1. The SMILES string of the molecule is CN=C(NCc1ccc(F)c(CO)c1)NCc1ccc(C)cc1OC.I. The van der Waals surface area contributed by atoms with Gasteiger partial charge >= 0.3 is 0 Å². The molecule has 0 aliphatic rings. The van der Waals surface area contributed by atoms with Gasteiger partial charge in [0.2, 0.25) is 0 Å². The molecule has 3 N–H and O–H groups in total. The third-order valence-corrected chi connectivity index (χ3v) is 3.85. The highest BCUT2D eigenvalue weighted by atomic mass is 127. The maximum atomic E-state index is 13.4. The predicted molar refractivity (Wildman–Crippen MR) is 113 cm³/mol. The number of rotatable bonds is 6. The van der Waals surface area contributed by atoms with E-state index in [0.29, 0.717) is 19.0 Å². The van der Waals surface area contributed by atoms with Crippen LogP contribution in [-0.4, -0.2) is 25.2 Å². The molecule has 142 valence electrons. The van der Waals surface area contributed by atoms with Gasteiger partial charge in [0.05, 0.1) is 13.7 Å². The van der Waals surface area contributed by atoms with Crippen molar-refractivity contribution in [2.75, 3.05) is 14.2 Å². The fourth-order valence-corrected chi connectivity index (χ4v) is 2.44. The van der Waals surface area contributed by atoms with E-state index in [1.165, 1.54) is 6.07 Å². The van der Waals surface area contributed by atoms with Crippen molar-refractivity contribution in [1.29, 1.82) is 0 Å². The number of halogens is 2. The molecule has 0 aromatic heterocycles. The summed E-state index contributed by atoms with van der Waals surface area (Å²) >= 11 is 0. The third kappa shape index (κ3) is 6.14. The zero-order valence-electron chi connectivity index (χ0n) is 15.2. The fourth-order valence-electron chi connectivity index (χ4n) is 2.44. The monoisotopic (exact) mass is 473 g/mol. The summed E-state index contributed by atoms with van der Waals surface area (Å²) in [4.78, 5) is 4.18. The molecule has 0 aliphatic heterocycles. The summed E-state index contributed by atoms with van der Waals surface area (Å²) in [6.07, 6.45) is 0. The highest BCUT2D eigenvalue weighted by Crippen LogP contribution is 2.19. The number of guanidine groups is 1. The molecule has 0 fully saturated rings. The molecule has 0 spiro atoms. The number of nitrogens with one attached hydrogen (secondary N) is 2. The lowest BCUT2D eigenvalue weighted by atomic mass is 10.1. The van der Waals surface area contributed by atoms with Crippen molar-refractivity contribution >= 4 is 29.9 Å². The van der Waals surface area contributed by atoms with Gasteiger partial charge in [-0.15, -0.1) is 24.0 Å². The van der Waals surface area contributed by atoms with Gasteiger partial charge < -0.3 is 20.5 Å². The van der Waals surface area contributed by atoms with Crippen LogP contribution >= 0.6 is 24.0 Å². The Labute approximate surface area is 170 Å². The van der Waals surface area contributed by atoms with Crippen molar-refractivity contribution in [3.05, 3.63) is 64.5 Å². The van der Waals surface area contributed by atoms with E-state index in [0.717, 1.165) is 22.4 Å². The van der Waals surface area contributed by atoms with Gasteiger partial charge in [0.25, 0.3) is 0 Å². The van der Waals surface area contributed by atoms with Gasteiger partial charge in [-0.2, -0.15) is 0 Å². The molecule has 0 aliphatic carbocycles. The number of ether oxygens (including phenoxy) is 1. The molecular formula is C19H25FIN3O2. The lowest BCUT2D eigenvalue weighted by Gasteiger charge is -2.14. The van der Waals surface area contributed by atoms with Gasteiger partial charge in [-0.05, 0) is 36.2 Å². The summed E-state index contributed by atoms with van der Waals surface area (Å²) in [5.41, 5.74) is 3.31. The van der Waals surface area contributed by atoms with Gasteiger partial charge in [0.1, 0.15) is 11.6 Å². The number of nitrogens with zero attached hydrogens (tertiary/aromatic N) is 1. The number of aliphatic imine (C=N–C) groups is 1. The average Bonchev–Trinajstić information content (AvgIpc) is 2.63. The molecule has 0 heterocycles. The number of aliphatic hydroxyl groups is 1. The fraction of sp³-hybridized carbons (Fsp3) is 0.316. The summed E-state index contributed by atoms with van der Waals surface area (Å²) in [6.45, 7) is 2.73. The van der Waals surface area contributed by atoms with E-state index in [2.05, 4.69) is 15.6 Å². The van der Waals surface area contributed by atoms with E-state index in [-0.39, 0.29) is 36.1 Å². The summed E-state index contributed by atoms with van der Waals surface area (Å²) in [7, 11) is 3.34. The first kappa shape index (κ1) is 22.2. The van der Waals surface area contributed by atoms with Crippen LogP contribution in [0.15, 0.2) is 41.4 Å². The van der Waals surface area contributed by atoms with Gasteiger partial charge in [-0.3, -0.25) is 4.99 Å². The van der Waals surface area contributed by atoms with Gasteiger partial charge in [0.15, 0.2) is 5.96 Å². The molecule has 2 aromatic rings. The Kier molecular flexibility index (Phi) is 9.36. The van der Waals surface area contributed by atoms with Crippen LogP contribution in [0.4, 0.5) is 4.39 Å².